The molecular formula is C18H24N2O4. The van der Waals surface area contributed by atoms with Crippen LogP contribution in [-0.4, -0.2) is 28.3 Å². The van der Waals surface area contributed by atoms with E-state index in [0.717, 1.165) is 42.5 Å². The monoisotopic (exact) mass is 333 g/mol. The van der Waals surface area contributed by atoms with Crippen molar-refractivity contribution < 1.29 is 20.9 Å². The Bertz CT molecular complexity index is 656. The maximum Gasteiger partial charge on any atom is 0.350 e. The lowest BCUT2D eigenvalue weighted by atomic mass is 9.96. The molecule has 3 N–H and O–H groups in total. The van der Waals surface area contributed by atoms with Gasteiger partial charge in [-0.25, -0.2) is 4.79 Å². The van der Waals surface area contributed by atoms with Gasteiger partial charge in [0.15, 0.2) is 1.41 Å². The van der Waals surface area contributed by atoms with E-state index >= 15 is 0 Å². The van der Waals surface area contributed by atoms with Gasteiger partial charge < -0.3 is 15.7 Å². The Labute approximate surface area is 143 Å². The number of nitrogens with two attached hydrogens (primary N) is 1. The van der Waals surface area contributed by atoms with Crippen molar-refractivity contribution in [2.75, 3.05) is 0 Å². The Balaban J connectivity index is 1.99. The fraction of sp³-hybridized carbons (Fsp3) is 0.500. The zero-order valence-corrected chi connectivity index (χ0v) is 14.0. The maximum absolute atomic E-state index is 11.2. The van der Waals surface area contributed by atoms with Gasteiger partial charge in [-0.2, -0.15) is 0 Å². The van der Waals surface area contributed by atoms with Crippen LogP contribution in [0.25, 0.3) is 0 Å². The van der Waals surface area contributed by atoms with Gasteiger partial charge in [0.05, 0.1) is 12.1 Å². The van der Waals surface area contributed by atoms with Gasteiger partial charge in [-0.1, -0.05) is 29.4 Å². The molecule has 1 saturated carbocycles. The Morgan fingerprint density at radius 2 is 2.04 bits per heavy atom. The molecule has 0 radical (unpaired) electrons. The highest BCUT2D eigenvalue weighted by atomic mass is 16.7. The van der Waals surface area contributed by atoms with Crippen molar-refractivity contribution in [2.24, 2.45) is 16.8 Å². The van der Waals surface area contributed by atoms with E-state index in [9.17, 15) is 9.59 Å². The first-order chi connectivity index (χ1) is 11.8. The summed E-state index contributed by atoms with van der Waals surface area (Å²) in [5, 5.41) is 13.2. The Morgan fingerprint density at radius 3 is 2.67 bits per heavy atom. The van der Waals surface area contributed by atoms with Gasteiger partial charge in [0.25, 0.3) is 0 Å². The number of carboxylic acid groups (broad SMARTS) is 1. The lowest BCUT2D eigenvalue weighted by Gasteiger charge is -2.18. The molecule has 1 amide bonds. The normalized spacial score (nSPS) is 19.8. The van der Waals surface area contributed by atoms with Crippen molar-refractivity contribution in [1.82, 2.24) is 0 Å². The fourth-order valence-corrected chi connectivity index (χ4v) is 2.72. The second-order valence-corrected chi connectivity index (χ2v) is 6.70. The molecule has 6 heteroatoms. The smallest absolute Gasteiger partial charge is 0.350 e. The fourth-order valence-electron chi connectivity index (χ4n) is 2.72. The minimum atomic E-state index is -1.33. The summed E-state index contributed by atoms with van der Waals surface area (Å²) in [4.78, 5) is 27.6. The number of hydrogen-bond donors (Lipinski definition) is 2. The van der Waals surface area contributed by atoms with E-state index in [0.29, 0.717) is 0 Å². The predicted octanol–water partition coefficient (Wildman–Crippen LogP) is 2.29. The van der Waals surface area contributed by atoms with Crippen LogP contribution in [0, 0.1) is 5.92 Å². The van der Waals surface area contributed by atoms with Crippen LogP contribution in [0.3, 0.4) is 0 Å². The Morgan fingerprint density at radius 1 is 1.38 bits per heavy atom. The zero-order valence-electron chi connectivity index (χ0n) is 15.0. The van der Waals surface area contributed by atoms with E-state index in [-0.39, 0.29) is 18.2 Å². The minimum Gasteiger partial charge on any atom is -0.478 e. The number of oxime groups is 1. The molecule has 1 fully saturated rings. The van der Waals surface area contributed by atoms with Gasteiger partial charge in [-0.15, -0.1) is 0 Å². The molecule has 130 valence electrons. The van der Waals surface area contributed by atoms with Crippen LogP contribution in [-0.2, 0) is 27.3 Å². The third-order valence-corrected chi connectivity index (χ3v) is 4.23. The molecule has 0 bridgehead atoms. The third kappa shape index (κ3) is 4.81. The second-order valence-electron chi connectivity index (χ2n) is 6.70. The van der Waals surface area contributed by atoms with Gasteiger partial charge in [0.1, 0.15) is 0 Å². The van der Waals surface area contributed by atoms with E-state index in [4.69, 9.17) is 11.4 Å². The van der Waals surface area contributed by atoms with Crippen LogP contribution in [0.2, 0.25) is 1.41 Å². The summed E-state index contributed by atoms with van der Waals surface area (Å²) < 4.78 is 6.82. The Kier molecular flexibility index (Phi) is 5.13. The van der Waals surface area contributed by atoms with Crippen LogP contribution in [0.4, 0.5) is 0 Å². The summed E-state index contributed by atoms with van der Waals surface area (Å²) in [6.07, 6.45) is 3.83. The summed E-state index contributed by atoms with van der Waals surface area (Å²) in [6.45, 7) is 2.96. The van der Waals surface area contributed by atoms with E-state index in [1.54, 1.807) is 0 Å². The second kappa shape index (κ2) is 7.47. The molecule has 24 heavy (non-hydrogen) atoms. The molecule has 2 rings (SSSR count). The SMILES string of the molecule is [2H]NC(=O)Cc1ccc(CC2CCC/C2=N\OC(C)(C)C(=O)O)cc1. The number of aliphatic carboxylic acids is 1. The number of hydrogen-bond acceptors (Lipinski definition) is 4. The van der Waals surface area contributed by atoms with Crippen LogP contribution in [0.15, 0.2) is 29.4 Å². The van der Waals surface area contributed by atoms with Gasteiger partial charge >= 0.3 is 5.97 Å². The van der Waals surface area contributed by atoms with Crippen molar-refractivity contribution in [3.05, 3.63) is 35.4 Å². The summed E-state index contributed by atoms with van der Waals surface area (Å²) in [5.41, 5.74) is 3.44. The van der Waals surface area contributed by atoms with Crippen LogP contribution >= 0.6 is 0 Å². The highest BCUT2D eigenvalue weighted by molar-refractivity contribution is 5.88. The number of carbonyl (C=O) groups excluding carboxylic acids is 1. The number of carbonyl (C=O) groups is 2. The molecular weight excluding hydrogens is 308 g/mol. The lowest BCUT2D eigenvalue weighted by molar-refractivity contribution is -0.161. The summed E-state index contributed by atoms with van der Waals surface area (Å²) in [7, 11) is 0. The topological polar surface area (TPSA) is 102 Å². The van der Waals surface area contributed by atoms with E-state index in [1.165, 1.54) is 13.8 Å². The van der Waals surface area contributed by atoms with Crippen molar-refractivity contribution in [3.8, 4) is 0 Å². The number of amides is 1. The molecule has 1 aliphatic carbocycles. The molecule has 1 aromatic carbocycles. The molecule has 0 aromatic heterocycles. The first kappa shape index (κ1) is 16.5. The quantitative estimate of drug-likeness (QED) is 0.747. The lowest BCUT2D eigenvalue weighted by Crippen LogP contribution is -2.33. The van der Waals surface area contributed by atoms with Crippen molar-refractivity contribution >= 4 is 17.6 Å². The summed E-state index contributed by atoms with van der Waals surface area (Å²) in [6, 6.07) is 7.73. The number of nitrogens with zero attached hydrogens (tertiary/aromatic N) is 1. The molecule has 0 saturated heterocycles. The minimum absolute atomic E-state index is 0.192. The number of primary amides is 1. The highest BCUT2D eigenvalue weighted by Gasteiger charge is 2.31. The first-order valence-electron chi connectivity index (χ1n) is 8.58. The predicted molar refractivity (Wildman–Crippen MR) is 90.6 cm³/mol. The molecule has 0 heterocycles. The molecule has 6 nitrogen and oxygen atoms in total. The van der Waals surface area contributed by atoms with Crippen molar-refractivity contribution in [2.45, 2.75) is 51.6 Å². The zero-order chi connectivity index (χ0) is 18.4. The highest BCUT2D eigenvalue weighted by Crippen LogP contribution is 2.27. The van der Waals surface area contributed by atoms with E-state index < -0.39 is 11.6 Å². The van der Waals surface area contributed by atoms with Gasteiger partial charge in [-0.3, -0.25) is 4.79 Å². The average Bonchev–Trinajstić information content (AvgIpc) is 3.01. The number of rotatable bonds is 7. The number of benzene rings is 1. The standard InChI is InChI=1S/C18H24N2O4/c1-18(2,17(22)23)24-20-15-5-3-4-14(15)10-12-6-8-13(9-7-12)11-16(19)21/h6-9,14H,3-5,10-11H2,1-2H3,(H2,19,21)(H,22,23)/b20-15+/i/hD. The number of carboxylic acids is 1. The maximum atomic E-state index is 11.2. The van der Waals surface area contributed by atoms with Gasteiger partial charge in [0, 0.05) is 5.92 Å². The van der Waals surface area contributed by atoms with Gasteiger partial charge in [0.2, 0.25) is 11.5 Å². The van der Waals surface area contributed by atoms with E-state index in [2.05, 4.69) is 5.16 Å². The molecule has 1 atom stereocenters. The van der Waals surface area contributed by atoms with Gasteiger partial charge in [-0.05, 0) is 50.7 Å². The summed E-state index contributed by atoms with van der Waals surface area (Å²) in [5.74, 6) is -1.14. The summed E-state index contributed by atoms with van der Waals surface area (Å²) >= 11 is 0. The largest absolute Gasteiger partial charge is 0.478 e. The Hall–Kier alpha value is -2.37. The van der Waals surface area contributed by atoms with Crippen LogP contribution < -0.4 is 5.73 Å². The third-order valence-electron chi connectivity index (χ3n) is 4.23. The van der Waals surface area contributed by atoms with Crippen LogP contribution in [0.1, 0.15) is 44.2 Å². The van der Waals surface area contributed by atoms with Crippen LogP contribution in [0.5, 0.6) is 0 Å². The molecule has 0 spiro atoms. The molecule has 1 aliphatic rings. The molecule has 1 unspecified atom stereocenters. The average molecular weight is 333 g/mol. The first-order valence-corrected chi connectivity index (χ1v) is 8.08. The van der Waals surface area contributed by atoms with E-state index in [1.807, 2.05) is 30.0 Å². The van der Waals surface area contributed by atoms with Crippen molar-refractivity contribution in [1.29, 1.82) is 0 Å². The molecule has 1 aromatic rings. The van der Waals surface area contributed by atoms with Crippen molar-refractivity contribution in [3.63, 3.8) is 0 Å². The molecule has 0 aliphatic heterocycles.